The fourth-order valence-corrected chi connectivity index (χ4v) is 3.82. The predicted molar refractivity (Wildman–Crippen MR) is 129 cm³/mol. The smallest absolute Gasteiger partial charge is 0.248 e. The zero-order valence-corrected chi connectivity index (χ0v) is 19.5. The molecular formula is C21H24N6O3S2. The standard InChI is InChI=1S/C21H24N6O3S2/c1-4-27-19(14-10-11-16(29-2)17(12-14)30-3)24-26-21(27)32-13-18(28)23-25-20(31)22-15-8-6-5-7-9-15/h5-12H,4,13H2,1-3H3,(H,23,28)(H2,22,25,31). The van der Waals surface area contributed by atoms with Gasteiger partial charge in [0.1, 0.15) is 0 Å². The van der Waals surface area contributed by atoms with E-state index >= 15 is 0 Å². The lowest BCUT2D eigenvalue weighted by Gasteiger charge is -2.12. The molecule has 0 atom stereocenters. The van der Waals surface area contributed by atoms with Crippen molar-refractivity contribution >= 4 is 40.7 Å². The van der Waals surface area contributed by atoms with E-state index < -0.39 is 0 Å². The van der Waals surface area contributed by atoms with E-state index in [9.17, 15) is 4.79 Å². The highest BCUT2D eigenvalue weighted by Crippen LogP contribution is 2.32. The van der Waals surface area contributed by atoms with Gasteiger partial charge in [0.25, 0.3) is 0 Å². The number of aromatic nitrogens is 3. The first-order valence-electron chi connectivity index (χ1n) is 9.75. The second-order valence-corrected chi connectivity index (χ2v) is 7.75. The van der Waals surface area contributed by atoms with E-state index in [-0.39, 0.29) is 11.7 Å². The first-order valence-corrected chi connectivity index (χ1v) is 11.1. The van der Waals surface area contributed by atoms with Crippen LogP contribution in [0.2, 0.25) is 0 Å². The molecule has 0 radical (unpaired) electrons. The van der Waals surface area contributed by atoms with Crippen LogP contribution in [0, 0.1) is 0 Å². The quantitative estimate of drug-likeness (QED) is 0.259. The molecule has 3 N–H and O–H groups in total. The molecule has 9 nitrogen and oxygen atoms in total. The predicted octanol–water partition coefficient (Wildman–Crippen LogP) is 3.09. The van der Waals surface area contributed by atoms with Gasteiger partial charge in [-0.2, -0.15) is 0 Å². The highest BCUT2D eigenvalue weighted by atomic mass is 32.2. The average Bonchev–Trinajstić information content (AvgIpc) is 3.24. The van der Waals surface area contributed by atoms with Crippen LogP contribution in [0.25, 0.3) is 11.4 Å². The van der Waals surface area contributed by atoms with E-state index in [1.807, 2.05) is 60.0 Å². The molecule has 0 saturated carbocycles. The van der Waals surface area contributed by atoms with Crippen molar-refractivity contribution in [3.8, 4) is 22.9 Å². The maximum atomic E-state index is 12.2. The Balaban J connectivity index is 1.58. The van der Waals surface area contributed by atoms with Crippen molar-refractivity contribution in [1.29, 1.82) is 0 Å². The molecule has 0 aliphatic carbocycles. The molecule has 0 spiro atoms. The number of thiocarbonyl (C=S) groups is 1. The van der Waals surface area contributed by atoms with Gasteiger partial charge in [-0.1, -0.05) is 30.0 Å². The third-order valence-corrected chi connectivity index (χ3v) is 5.53. The summed E-state index contributed by atoms with van der Waals surface area (Å²) in [5.41, 5.74) is 6.93. The summed E-state index contributed by atoms with van der Waals surface area (Å²) in [6.07, 6.45) is 0. The Morgan fingerprint density at radius 2 is 1.81 bits per heavy atom. The fraction of sp³-hybridized carbons (Fsp3) is 0.238. The van der Waals surface area contributed by atoms with Crippen LogP contribution in [0.4, 0.5) is 5.69 Å². The maximum Gasteiger partial charge on any atom is 0.248 e. The molecule has 2 aromatic carbocycles. The summed E-state index contributed by atoms with van der Waals surface area (Å²) in [7, 11) is 3.17. The average molecular weight is 473 g/mol. The van der Waals surface area contributed by atoms with Crippen LogP contribution >= 0.6 is 24.0 Å². The van der Waals surface area contributed by atoms with Gasteiger partial charge in [0.05, 0.1) is 20.0 Å². The van der Waals surface area contributed by atoms with E-state index in [0.29, 0.717) is 34.1 Å². The van der Waals surface area contributed by atoms with Gasteiger partial charge in [0.2, 0.25) is 5.91 Å². The normalized spacial score (nSPS) is 10.3. The summed E-state index contributed by atoms with van der Waals surface area (Å²) in [5, 5.41) is 12.5. The summed E-state index contributed by atoms with van der Waals surface area (Å²) >= 11 is 6.46. The summed E-state index contributed by atoms with van der Waals surface area (Å²) in [6, 6.07) is 15.0. The molecule has 0 saturated heterocycles. The van der Waals surface area contributed by atoms with Crippen LogP contribution in [-0.2, 0) is 11.3 Å². The number of para-hydroxylation sites is 1. The Labute approximate surface area is 195 Å². The summed E-state index contributed by atoms with van der Waals surface area (Å²) in [6.45, 7) is 2.64. The Kier molecular flexibility index (Phi) is 8.28. The molecule has 1 amide bonds. The molecule has 11 heteroatoms. The van der Waals surface area contributed by atoms with E-state index in [1.54, 1.807) is 14.2 Å². The lowest BCUT2D eigenvalue weighted by molar-refractivity contribution is -0.119. The number of ether oxygens (including phenoxy) is 2. The largest absolute Gasteiger partial charge is 0.493 e. The monoisotopic (exact) mass is 472 g/mol. The van der Waals surface area contributed by atoms with Gasteiger partial charge in [-0.05, 0) is 49.5 Å². The van der Waals surface area contributed by atoms with Crippen molar-refractivity contribution < 1.29 is 14.3 Å². The molecule has 1 aromatic heterocycles. The van der Waals surface area contributed by atoms with Crippen molar-refractivity contribution in [3.63, 3.8) is 0 Å². The molecule has 1 heterocycles. The second kappa shape index (κ2) is 11.3. The van der Waals surface area contributed by atoms with Gasteiger partial charge in [0, 0.05) is 17.8 Å². The van der Waals surface area contributed by atoms with Crippen LogP contribution in [0.1, 0.15) is 6.92 Å². The molecule has 0 unspecified atom stereocenters. The highest BCUT2D eigenvalue weighted by molar-refractivity contribution is 7.99. The number of amides is 1. The van der Waals surface area contributed by atoms with E-state index in [4.69, 9.17) is 21.7 Å². The first-order chi connectivity index (χ1) is 15.5. The summed E-state index contributed by atoms with van der Waals surface area (Å²) in [5.74, 6) is 1.83. The fourth-order valence-electron chi connectivity index (χ4n) is 2.85. The number of anilines is 1. The van der Waals surface area contributed by atoms with Crippen LogP contribution < -0.4 is 25.6 Å². The number of methoxy groups -OCH3 is 2. The maximum absolute atomic E-state index is 12.2. The number of hydrogen-bond acceptors (Lipinski definition) is 7. The molecule has 0 fully saturated rings. The van der Waals surface area contributed by atoms with Crippen LogP contribution in [0.15, 0.2) is 53.7 Å². The Hall–Kier alpha value is -3.31. The molecule has 168 valence electrons. The molecular weight excluding hydrogens is 448 g/mol. The third kappa shape index (κ3) is 5.89. The van der Waals surface area contributed by atoms with Gasteiger partial charge in [-0.3, -0.25) is 15.6 Å². The number of hydrazine groups is 1. The van der Waals surface area contributed by atoms with Crippen LogP contribution in [0.3, 0.4) is 0 Å². The molecule has 3 rings (SSSR count). The number of benzene rings is 2. The number of nitrogens with one attached hydrogen (secondary N) is 3. The van der Waals surface area contributed by atoms with Crippen LogP contribution in [0.5, 0.6) is 11.5 Å². The van der Waals surface area contributed by atoms with E-state index in [0.717, 1.165) is 11.3 Å². The first kappa shape index (κ1) is 23.4. The minimum atomic E-state index is -0.245. The molecule has 32 heavy (non-hydrogen) atoms. The van der Waals surface area contributed by atoms with Gasteiger partial charge in [0.15, 0.2) is 27.6 Å². The zero-order valence-electron chi connectivity index (χ0n) is 17.9. The third-order valence-electron chi connectivity index (χ3n) is 4.35. The Morgan fingerprint density at radius 1 is 1.06 bits per heavy atom. The van der Waals surface area contributed by atoms with Gasteiger partial charge in [-0.15, -0.1) is 10.2 Å². The Bertz CT molecular complexity index is 1070. The van der Waals surface area contributed by atoms with Crippen molar-refractivity contribution in [2.45, 2.75) is 18.6 Å². The van der Waals surface area contributed by atoms with E-state index in [2.05, 4.69) is 26.4 Å². The van der Waals surface area contributed by atoms with Crippen molar-refractivity contribution in [3.05, 3.63) is 48.5 Å². The zero-order chi connectivity index (χ0) is 22.9. The van der Waals surface area contributed by atoms with Crippen molar-refractivity contribution in [1.82, 2.24) is 25.6 Å². The summed E-state index contributed by atoms with van der Waals surface area (Å²) < 4.78 is 12.6. The topological polar surface area (TPSA) is 102 Å². The number of thioether (sulfide) groups is 1. The second-order valence-electron chi connectivity index (χ2n) is 6.40. The number of hydrogen-bond donors (Lipinski definition) is 3. The lowest BCUT2D eigenvalue weighted by Crippen LogP contribution is -2.44. The SMILES string of the molecule is CCn1c(SCC(=O)NNC(=S)Nc2ccccc2)nnc1-c1ccc(OC)c(OC)c1. The Morgan fingerprint density at radius 3 is 2.50 bits per heavy atom. The number of nitrogens with zero attached hydrogens (tertiary/aromatic N) is 3. The lowest BCUT2D eigenvalue weighted by atomic mass is 10.2. The molecule has 0 bridgehead atoms. The number of carbonyl (C=O) groups is 1. The summed E-state index contributed by atoms with van der Waals surface area (Å²) in [4.78, 5) is 12.2. The minimum absolute atomic E-state index is 0.144. The highest BCUT2D eigenvalue weighted by Gasteiger charge is 2.16. The molecule has 0 aliphatic rings. The minimum Gasteiger partial charge on any atom is -0.493 e. The van der Waals surface area contributed by atoms with Gasteiger partial charge < -0.3 is 19.4 Å². The van der Waals surface area contributed by atoms with E-state index in [1.165, 1.54) is 11.8 Å². The van der Waals surface area contributed by atoms with Gasteiger partial charge >= 0.3 is 0 Å². The molecule has 3 aromatic rings. The molecule has 0 aliphatic heterocycles. The number of carbonyl (C=O) groups excluding carboxylic acids is 1. The number of rotatable bonds is 8. The van der Waals surface area contributed by atoms with Gasteiger partial charge in [-0.25, -0.2) is 0 Å². The van der Waals surface area contributed by atoms with Crippen molar-refractivity contribution in [2.75, 3.05) is 25.3 Å². The van der Waals surface area contributed by atoms with Crippen molar-refractivity contribution in [2.24, 2.45) is 0 Å². The van der Waals surface area contributed by atoms with Crippen LogP contribution in [-0.4, -0.2) is 45.8 Å².